The zero-order chi connectivity index (χ0) is 26.5. The Morgan fingerprint density at radius 2 is 2.03 bits per heavy atom. The number of rotatable bonds is 10. The van der Waals surface area contributed by atoms with Crippen LogP contribution in [0.5, 0.6) is 5.75 Å². The van der Waals surface area contributed by atoms with Crippen LogP contribution >= 0.6 is 0 Å². The van der Waals surface area contributed by atoms with Gasteiger partial charge in [-0.2, -0.15) is 0 Å². The number of nitrogens with one attached hydrogen (secondary N) is 1. The zero-order valence-corrected chi connectivity index (χ0v) is 21.6. The van der Waals surface area contributed by atoms with Crippen LogP contribution in [0.25, 0.3) is 22.6 Å². The Hall–Kier alpha value is -3.15. The monoisotopic (exact) mass is 516 g/mol. The average molecular weight is 517 g/mol. The largest absolute Gasteiger partial charge is 0.491 e. The Bertz CT molecular complexity index is 1170. The molecule has 0 radical (unpaired) electrons. The van der Waals surface area contributed by atoms with Gasteiger partial charge in [0.05, 0.1) is 23.5 Å². The number of nitrogens with zero attached hydrogens (tertiary/aromatic N) is 5. The molecule has 0 amide bonds. The van der Waals surface area contributed by atoms with Crippen LogP contribution in [0.4, 0.5) is 14.6 Å². The number of aromatic nitrogens is 3. The summed E-state index contributed by atoms with van der Waals surface area (Å²) in [4.78, 5) is 13.6. The molecule has 0 bridgehead atoms. The molecular weight excluding hydrogens is 482 g/mol. The van der Waals surface area contributed by atoms with Crippen LogP contribution in [0.2, 0.25) is 0 Å². The first-order chi connectivity index (χ1) is 17.7. The zero-order valence-electron chi connectivity index (χ0n) is 21.6. The molecule has 1 fully saturated rings. The first-order valence-corrected chi connectivity index (χ1v) is 12.4. The lowest BCUT2D eigenvalue weighted by Crippen LogP contribution is -2.53. The summed E-state index contributed by atoms with van der Waals surface area (Å²) >= 11 is 0. The second-order valence-corrected chi connectivity index (χ2v) is 9.37. The summed E-state index contributed by atoms with van der Waals surface area (Å²) in [6, 6.07) is 9.26. The van der Waals surface area contributed by atoms with Crippen LogP contribution in [0, 0.1) is 13.8 Å². The highest BCUT2D eigenvalue weighted by molar-refractivity contribution is 5.71. The van der Waals surface area contributed by atoms with E-state index in [4.69, 9.17) is 19.2 Å². The molecule has 0 spiro atoms. The van der Waals surface area contributed by atoms with Gasteiger partial charge in [0.15, 0.2) is 5.82 Å². The number of halogens is 2. The summed E-state index contributed by atoms with van der Waals surface area (Å²) in [5.41, 5.74) is 2.95. The average Bonchev–Trinajstić information content (AvgIpc) is 3.21. The van der Waals surface area contributed by atoms with Gasteiger partial charge in [0.2, 0.25) is 0 Å². The standard InChI is InChI=1S/C26H34F2N6O3/c1-16-13-34(9-8-33(16)14-23(27)28)24-11-22(25-17(2)32-37-18(25)3)30-26(31-24)19-6-5-7-21(10-19)36-15-20(35)12-29-4/h5-7,10-11,16,20,23,29,35H,8-9,12-15H2,1-4H3/t16-,20?/m1/s1. The third-order valence-corrected chi connectivity index (χ3v) is 6.44. The maximum atomic E-state index is 13.0. The molecule has 9 nitrogen and oxygen atoms in total. The highest BCUT2D eigenvalue weighted by atomic mass is 19.3. The Kier molecular flexibility index (Phi) is 8.67. The van der Waals surface area contributed by atoms with E-state index in [2.05, 4.69) is 15.4 Å². The number of likely N-dealkylation sites (N-methyl/N-ethyl adjacent to an activating group) is 1. The van der Waals surface area contributed by atoms with Crippen LogP contribution in [0.15, 0.2) is 34.9 Å². The molecule has 1 aliphatic rings. The maximum absolute atomic E-state index is 13.0. The molecule has 1 aromatic carbocycles. The minimum atomic E-state index is -2.36. The number of aryl methyl sites for hydroxylation is 2. The molecule has 3 aromatic rings. The first kappa shape index (κ1) is 26.9. The van der Waals surface area contributed by atoms with Gasteiger partial charge in [-0.3, -0.25) is 4.90 Å². The van der Waals surface area contributed by atoms with E-state index >= 15 is 0 Å². The number of hydrogen-bond donors (Lipinski definition) is 2. The van der Waals surface area contributed by atoms with Gasteiger partial charge < -0.3 is 24.6 Å². The smallest absolute Gasteiger partial charge is 0.251 e. The number of hydrogen-bond acceptors (Lipinski definition) is 9. The van der Waals surface area contributed by atoms with E-state index in [0.29, 0.717) is 55.0 Å². The number of piperazine rings is 1. The van der Waals surface area contributed by atoms with E-state index < -0.39 is 12.5 Å². The highest BCUT2D eigenvalue weighted by Crippen LogP contribution is 2.32. The van der Waals surface area contributed by atoms with Crippen LogP contribution in [-0.4, -0.2) is 90.1 Å². The van der Waals surface area contributed by atoms with Crippen LogP contribution in [-0.2, 0) is 0 Å². The van der Waals surface area contributed by atoms with E-state index in [1.807, 2.05) is 56.0 Å². The molecule has 200 valence electrons. The SMILES string of the molecule is CNCC(O)COc1cccc(-c2nc(-c3c(C)noc3C)cc(N3CCN(CC(F)F)[C@H](C)C3)n2)c1. The number of anilines is 1. The molecule has 0 saturated carbocycles. The van der Waals surface area contributed by atoms with Gasteiger partial charge in [0.25, 0.3) is 6.43 Å². The fourth-order valence-electron chi connectivity index (χ4n) is 4.57. The fourth-order valence-corrected chi connectivity index (χ4v) is 4.57. The lowest BCUT2D eigenvalue weighted by Gasteiger charge is -2.40. The summed E-state index contributed by atoms with van der Waals surface area (Å²) in [5, 5.41) is 17.0. The quantitative estimate of drug-likeness (QED) is 0.421. The molecule has 11 heteroatoms. The topological polar surface area (TPSA) is 99.8 Å². The lowest BCUT2D eigenvalue weighted by molar-refractivity contribution is 0.0644. The van der Waals surface area contributed by atoms with E-state index in [-0.39, 0.29) is 19.2 Å². The second-order valence-electron chi connectivity index (χ2n) is 9.37. The molecule has 2 atom stereocenters. The minimum Gasteiger partial charge on any atom is -0.491 e. The van der Waals surface area contributed by atoms with Crippen molar-refractivity contribution in [1.29, 1.82) is 0 Å². The maximum Gasteiger partial charge on any atom is 0.251 e. The molecular formula is C26H34F2N6O3. The summed E-state index contributed by atoms with van der Waals surface area (Å²) in [6.45, 7) is 7.65. The lowest BCUT2D eigenvalue weighted by atomic mass is 10.1. The molecule has 1 saturated heterocycles. The van der Waals surface area contributed by atoms with Crippen molar-refractivity contribution >= 4 is 5.82 Å². The Labute approximate surface area is 215 Å². The molecule has 37 heavy (non-hydrogen) atoms. The second kappa shape index (κ2) is 11.9. The number of ether oxygens (including phenoxy) is 1. The molecule has 1 unspecified atom stereocenters. The number of alkyl halides is 2. The van der Waals surface area contributed by atoms with Crippen molar-refractivity contribution in [2.75, 3.05) is 51.3 Å². The number of aliphatic hydroxyl groups is 1. The van der Waals surface area contributed by atoms with Crippen LogP contribution in [0.3, 0.4) is 0 Å². The van der Waals surface area contributed by atoms with Crippen LogP contribution in [0.1, 0.15) is 18.4 Å². The minimum absolute atomic E-state index is 0.0514. The van der Waals surface area contributed by atoms with Gasteiger partial charge in [-0.15, -0.1) is 0 Å². The molecule has 0 aliphatic carbocycles. The third kappa shape index (κ3) is 6.60. The normalized spacial score (nSPS) is 17.4. The van der Waals surface area contributed by atoms with Crippen molar-refractivity contribution in [3.05, 3.63) is 41.8 Å². The molecule has 1 aliphatic heterocycles. The van der Waals surface area contributed by atoms with Crippen molar-refractivity contribution < 1.29 is 23.1 Å². The third-order valence-electron chi connectivity index (χ3n) is 6.44. The summed E-state index contributed by atoms with van der Waals surface area (Å²) in [6.07, 6.45) is -3.00. The van der Waals surface area contributed by atoms with Crippen molar-refractivity contribution in [3.8, 4) is 28.4 Å². The Morgan fingerprint density at radius 3 is 2.70 bits per heavy atom. The van der Waals surface area contributed by atoms with Gasteiger partial charge in [-0.05, 0) is 40.0 Å². The summed E-state index contributed by atoms with van der Waals surface area (Å²) < 4.78 is 37.2. The fraction of sp³-hybridized carbons (Fsp3) is 0.500. The highest BCUT2D eigenvalue weighted by Gasteiger charge is 2.28. The summed E-state index contributed by atoms with van der Waals surface area (Å²) in [5.74, 6) is 2.45. The van der Waals surface area contributed by atoms with Gasteiger partial charge in [0, 0.05) is 43.9 Å². The Morgan fingerprint density at radius 1 is 1.22 bits per heavy atom. The van der Waals surface area contributed by atoms with E-state index in [0.717, 1.165) is 16.8 Å². The molecule has 3 heterocycles. The predicted octanol–water partition coefficient (Wildman–Crippen LogP) is 3.15. The number of benzene rings is 1. The van der Waals surface area contributed by atoms with Crippen molar-refractivity contribution in [1.82, 2.24) is 25.3 Å². The molecule has 4 rings (SSSR count). The van der Waals surface area contributed by atoms with E-state index in [1.165, 1.54) is 0 Å². The van der Waals surface area contributed by atoms with E-state index in [9.17, 15) is 13.9 Å². The van der Waals surface area contributed by atoms with Crippen molar-refractivity contribution in [3.63, 3.8) is 0 Å². The van der Waals surface area contributed by atoms with Crippen molar-refractivity contribution in [2.45, 2.75) is 39.3 Å². The van der Waals surface area contributed by atoms with Gasteiger partial charge in [0.1, 0.15) is 30.0 Å². The Balaban J connectivity index is 1.67. The molecule has 2 N–H and O–H groups in total. The van der Waals surface area contributed by atoms with Crippen molar-refractivity contribution in [2.24, 2.45) is 0 Å². The van der Waals surface area contributed by atoms with E-state index in [1.54, 1.807) is 7.05 Å². The molecule has 2 aromatic heterocycles. The van der Waals surface area contributed by atoms with Gasteiger partial charge in [-0.25, -0.2) is 18.7 Å². The van der Waals surface area contributed by atoms with Gasteiger partial charge in [-0.1, -0.05) is 17.3 Å². The number of aliphatic hydroxyl groups excluding tert-OH is 1. The summed E-state index contributed by atoms with van der Waals surface area (Å²) in [7, 11) is 1.77. The first-order valence-electron chi connectivity index (χ1n) is 12.4. The van der Waals surface area contributed by atoms with Gasteiger partial charge >= 0.3 is 0 Å². The van der Waals surface area contributed by atoms with Crippen LogP contribution < -0.4 is 15.0 Å². The predicted molar refractivity (Wildman–Crippen MR) is 137 cm³/mol.